The number of H-pyrrole nitrogens is 1. The molecule has 2 amide bonds. The summed E-state index contributed by atoms with van der Waals surface area (Å²) in [7, 11) is 1.32. The number of aromatic amines is 1. The molecule has 4 atom stereocenters. The summed E-state index contributed by atoms with van der Waals surface area (Å²) >= 11 is 2.19. The Morgan fingerprint density at radius 1 is 1.42 bits per heavy atom. The van der Waals surface area contributed by atoms with Crippen molar-refractivity contribution < 1.29 is 19.1 Å². The van der Waals surface area contributed by atoms with Crippen LogP contribution in [0, 0.1) is 15.5 Å². The minimum Gasteiger partial charge on any atom is -0.453 e. The Hall–Kier alpha value is -1.36. The summed E-state index contributed by atoms with van der Waals surface area (Å²) in [6.07, 6.45) is 4.70. The van der Waals surface area contributed by atoms with Gasteiger partial charge in [-0.05, 0) is 60.1 Å². The van der Waals surface area contributed by atoms with E-state index in [1.807, 2.05) is 4.90 Å². The van der Waals surface area contributed by atoms with Crippen molar-refractivity contribution in [2.24, 2.45) is 11.8 Å². The van der Waals surface area contributed by atoms with Crippen LogP contribution < -0.4 is 5.32 Å². The van der Waals surface area contributed by atoms with Gasteiger partial charge in [-0.15, -0.1) is 0 Å². The highest BCUT2D eigenvalue weighted by Crippen LogP contribution is 2.53. The van der Waals surface area contributed by atoms with Gasteiger partial charge in [-0.25, -0.2) is 9.78 Å². The summed E-state index contributed by atoms with van der Waals surface area (Å²) in [5.41, 5.74) is 0. The quantitative estimate of drug-likeness (QED) is 0.650. The molecule has 1 aromatic rings. The fourth-order valence-electron chi connectivity index (χ4n) is 4.28. The molecule has 8 nitrogen and oxygen atoms in total. The molecule has 2 N–H and O–H groups in total. The summed E-state index contributed by atoms with van der Waals surface area (Å²) in [4.78, 5) is 35.0. The molecule has 3 heterocycles. The molecule has 142 valence electrons. The SMILES string of the molecule is COC(=O)NC(C(=O)N1[C@@H]2C[C@@H]2C[C@H]1c1ncc(I)[nH]1)C1CCOCC1. The van der Waals surface area contributed by atoms with Crippen LogP contribution >= 0.6 is 22.6 Å². The zero-order valence-corrected chi connectivity index (χ0v) is 16.8. The highest BCUT2D eigenvalue weighted by Gasteiger charge is 2.56. The summed E-state index contributed by atoms with van der Waals surface area (Å²) < 4.78 is 11.1. The molecule has 4 rings (SSSR count). The van der Waals surface area contributed by atoms with Crippen LogP contribution in [-0.4, -0.2) is 59.3 Å². The first-order valence-electron chi connectivity index (χ1n) is 9.03. The third-order valence-corrected chi connectivity index (χ3v) is 6.25. The van der Waals surface area contributed by atoms with Gasteiger partial charge in [-0.1, -0.05) is 0 Å². The van der Waals surface area contributed by atoms with Crippen molar-refractivity contribution in [1.29, 1.82) is 0 Å². The number of nitrogens with one attached hydrogen (secondary N) is 2. The van der Waals surface area contributed by atoms with Gasteiger partial charge in [0.05, 0.1) is 23.0 Å². The second kappa shape index (κ2) is 7.34. The molecular formula is C17H23IN4O4. The number of methoxy groups -OCH3 is 1. The number of amides is 2. The number of aromatic nitrogens is 2. The first-order valence-corrected chi connectivity index (χ1v) is 10.1. The fraction of sp³-hybridized carbons (Fsp3) is 0.706. The van der Waals surface area contributed by atoms with E-state index in [0.717, 1.165) is 35.2 Å². The number of imidazole rings is 1. The summed E-state index contributed by atoms with van der Waals surface area (Å²) in [5, 5.41) is 2.79. The van der Waals surface area contributed by atoms with Crippen molar-refractivity contribution in [2.75, 3.05) is 20.3 Å². The van der Waals surface area contributed by atoms with Crippen molar-refractivity contribution >= 4 is 34.6 Å². The van der Waals surface area contributed by atoms with E-state index in [1.165, 1.54) is 7.11 Å². The van der Waals surface area contributed by atoms with Gasteiger partial charge in [-0.3, -0.25) is 4.79 Å². The molecule has 1 saturated carbocycles. The molecule has 0 spiro atoms. The van der Waals surface area contributed by atoms with E-state index in [-0.39, 0.29) is 23.9 Å². The Balaban J connectivity index is 1.57. The predicted octanol–water partition coefficient (Wildman–Crippen LogP) is 1.83. The molecule has 1 unspecified atom stereocenters. The first kappa shape index (κ1) is 18.0. The Morgan fingerprint density at radius 2 is 2.19 bits per heavy atom. The average Bonchev–Trinajstić information content (AvgIpc) is 3.11. The standard InChI is InChI=1S/C17H23IN4O4/c1-25-17(24)21-14(9-2-4-26-5-3-9)16(23)22-11-6-10(11)7-12(22)15-19-8-13(18)20-15/h8-12,14H,2-7H2,1H3,(H,19,20)(H,21,24)/t10-,11-,12+,14?/m1/s1. The summed E-state index contributed by atoms with van der Waals surface area (Å²) in [6, 6.07) is -0.365. The molecule has 9 heteroatoms. The van der Waals surface area contributed by atoms with Crippen LogP contribution in [0.15, 0.2) is 6.20 Å². The smallest absolute Gasteiger partial charge is 0.407 e. The van der Waals surface area contributed by atoms with Crippen LogP contribution in [0.4, 0.5) is 4.79 Å². The Labute approximate surface area is 165 Å². The van der Waals surface area contributed by atoms with Crippen LogP contribution in [-0.2, 0) is 14.3 Å². The van der Waals surface area contributed by atoms with Crippen molar-refractivity contribution in [3.63, 3.8) is 0 Å². The second-order valence-electron chi connectivity index (χ2n) is 7.24. The van der Waals surface area contributed by atoms with Crippen LogP contribution in [0.25, 0.3) is 0 Å². The Morgan fingerprint density at radius 3 is 2.85 bits per heavy atom. The van der Waals surface area contributed by atoms with Crippen LogP contribution in [0.1, 0.15) is 37.5 Å². The minimum absolute atomic E-state index is 0.0243. The number of rotatable bonds is 4. The number of carbonyl (C=O) groups excluding carboxylic acids is 2. The highest BCUT2D eigenvalue weighted by molar-refractivity contribution is 14.1. The number of fused-ring (bicyclic) bond motifs is 1. The third kappa shape index (κ3) is 3.42. The van der Waals surface area contributed by atoms with Gasteiger partial charge in [0.1, 0.15) is 11.9 Å². The average molecular weight is 474 g/mol. The zero-order valence-electron chi connectivity index (χ0n) is 14.6. The van der Waals surface area contributed by atoms with Gasteiger partial charge in [0.15, 0.2) is 0 Å². The first-order chi connectivity index (χ1) is 12.6. The summed E-state index contributed by atoms with van der Waals surface area (Å²) in [5.74, 6) is 1.41. The third-order valence-electron chi connectivity index (χ3n) is 5.70. The number of carbonyl (C=O) groups is 2. The lowest BCUT2D eigenvalue weighted by atomic mass is 9.90. The van der Waals surface area contributed by atoms with Gasteiger partial charge in [0, 0.05) is 19.3 Å². The van der Waals surface area contributed by atoms with E-state index in [0.29, 0.717) is 19.1 Å². The molecule has 0 aromatic carbocycles. The van der Waals surface area contributed by atoms with Crippen molar-refractivity contribution in [3.8, 4) is 0 Å². The number of hydrogen-bond acceptors (Lipinski definition) is 5. The van der Waals surface area contributed by atoms with Gasteiger partial charge >= 0.3 is 6.09 Å². The molecule has 3 aliphatic rings. The fourth-order valence-corrected chi connectivity index (χ4v) is 4.69. The minimum atomic E-state index is -0.581. The van der Waals surface area contributed by atoms with E-state index in [2.05, 4.69) is 37.9 Å². The lowest BCUT2D eigenvalue weighted by molar-refractivity contribution is -0.138. The van der Waals surface area contributed by atoms with Gasteiger partial charge in [-0.2, -0.15) is 0 Å². The number of piperidine rings is 1. The highest BCUT2D eigenvalue weighted by atomic mass is 127. The number of likely N-dealkylation sites (tertiary alicyclic amines) is 1. The van der Waals surface area contributed by atoms with E-state index in [4.69, 9.17) is 9.47 Å². The molecule has 0 bridgehead atoms. The Kier molecular flexibility index (Phi) is 5.09. The second-order valence-corrected chi connectivity index (χ2v) is 8.40. The number of nitrogens with zero attached hydrogens (tertiary/aromatic N) is 2. The predicted molar refractivity (Wildman–Crippen MR) is 100 cm³/mol. The maximum Gasteiger partial charge on any atom is 0.407 e. The lowest BCUT2D eigenvalue weighted by Gasteiger charge is -2.35. The monoisotopic (exact) mass is 474 g/mol. The van der Waals surface area contributed by atoms with E-state index < -0.39 is 12.1 Å². The zero-order chi connectivity index (χ0) is 18.3. The molecule has 26 heavy (non-hydrogen) atoms. The van der Waals surface area contributed by atoms with Crippen molar-refractivity contribution in [2.45, 2.75) is 43.8 Å². The van der Waals surface area contributed by atoms with Crippen molar-refractivity contribution in [3.05, 3.63) is 15.7 Å². The van der Waals surface area contributed by atoms with Gasteiger partial charge in [0.25, 0.3) is 0 Å². The van der Waals surface area contributed by atoms with E-state index in [1.54, 1.807) is 6.20 Å². The number of ether oxygens (including phenoxy) is 2. The molecule has 1 aromatic heterocycles. The molecular weight excluding hydrogens is 451 g/mol. The molecule has 1 aliphatic carbocycles. The van der Waals surface area contributed by atoms with Crippen LogP contribution in [0.5, 0.6) is 0 Å². The normalized spacial score (nSPS) is 29.2. The molecule has 2 aliphatic heterocycles. The van der Waals surface area contributed by atoms with Crippen molar-refractivity contribution in [1.82, 2.24) is 20.2 Å². The topological polar surface area (TPSA) is 96.5 Å². The van der Waals surface area contributed by atoms with Gasteiger partial charge < -0.3 is 24.7 Å². The largest absolute Gasteiger partial charge is 0.453 e. The van der Waals surface area contributed by atoms with Crippen LogP contribution in [0.2, 0.25) is 0 Å². The van der Waals surface area contributed by atoms with Gasteiger partial charge in [0.2, 0.25) is 5.91 Å². The number of halogens is 1. The molecule has 0 radical (unpaired) electrons. The lowest BCUT2D eigenvalue weighted by Crippen LogP contribution is -2.54. The maximum atomic E-state index is 13.5. The number of alkyl carbamates (subject to hydrolysis) is 1. The van der Waals surface area contributed by atoms with Crippen LogP contribution in [0.3, 0.4) is 0 Å². The Bertz CT molecular complexity index is 690. The van der Waals surface area contributed by atoms with E-state index >= 15 is 0 Å². The maximum absolute atomic E-state index is 13.5. The summed E-state index contributed by atoms with van der Waals surface area (Å²) in [6.45, 7) is 1.23. The molecule has 2 saturated heterocycles. The molecule has 3 fully saturated rings. The van der Waals surface area contributed by atoms with E-state index in [9.17, 15) is 9.59 Å². The number of hydrogen-bond donors (Lipinski definition) is 2.